The van der Waals surface area contributed by atoms with E-state index in [1.165, 1.54) is 17.3 Å². The number of hydrogen-bond donors (Lipinski definition) is 1. The second kappa shape index (κ2) is 5.49. The van der Waals surface area contributed by atoms with Crippen molar-refractivity contribution in [3.63, 3.8) is 0 Å². The lowest BCUT2D eigenvalue weighted by Crippen LogP contribution is -2.46. The first-order chi connectivity index (χ1) is 10.0. The maximum atomic E-state index is 13.4. The van der Waals surface area contributed by atoms with Crippen molar-refractivity contribution in [3.05, 3.63) is 65.5 Å². The van der Waals surface area contributed by atoms with Crippen LogP contribution in [-0.2, 0) is 13.1 Å². The number of benzene rings is 2. The van der Waals surface area contributed by atoms with E-state index in [2.05, 4.69) is 48.3 Å². The fourth-order valence-electron chi connectivity index (χ4n) is 2.92. The Bertz CT molecular complexity index is 637. The van der Waals surface area contributed by atoms with Gasteiger partial charge in [0, 0.05) is 30.9 Å². The quantitative estimate of drug-likeness (QED) is 0.904. The zero-order valence-corrected chi connectivity index (χ0v) is 12.6. The molecule has 0 spiro atoms. The second-order valence-corrected chi connectivity index (χ2v) is 6.35. The molecule has 0 saturated heterocycles. The van der Waals surface area contributed by atoms with Crippen LogP contribution in [0.4, 0.5) is 10.1 Å². The first-order valence-corrected chi connectivity index (χ1v) is 7.36. The molecule has 0 radical (unpaired) electrons. The molecule has 21 heavy (non-hydrogen) atoms. The minimum atomic E-state index is -0.173. The van der Waals surface area contributed by atoms with Gasteiger partial charge in [-0.3, -0.25) is 0 Å². The Labute approximate surface area is 125 Å². The van der Waals surface area contributed by atoms with E-state index in [-0.39, 0.29) is 11.4 Å². The smallest absolute Gasteiger partial charge is 0.123 e. The van der Waals surface area contributed by atoms with Gasteiger partial charge in [-0.05, 0) is 43.2 Å². The molecular formula is C18H21FN2. The first-order valence-electron chi connectivity index (χ1n) is 7.36. The van der Waals surface area contributed by atoms with E-state index >= 15 is 0 Å². The second-order valence-electron chi connectivity index (χ2n) is 6.35. The number of halogens is 1. The van der Waals surface area contributed by atoms with Gasteiger partial charge >= 0.3 is 0 Å². The third kappa shape index (κ3) is 3.24. The summed E-state index contributed by atoms with van der Waals surface area (Å²) in [6, 6.07) is 15.3. The zero-order chi connectivity index (χ0) is 14.9. The summed E-state index contributed by atoms with van der Waals surface area (Å²) in [6.45, 7) is 6.89. The third-order valence-corrected chi connectivity index (χ3v) is 3.94. The minimum Gasteiger partial charge on any atom is -0.365 e. The molecule has 0 aromatic heterocycles. The molecule has 1 heterocycles. The van der Waals surface area contributed by atoms with E-state index in [0.717, 1.165) is 25.2 Å². The van der Waals surface area contributed by atoms with E-state index in [4.69, 9.17) is 0 Å². The maximum absolute atomic E-state index is 13.4. The average molecular weight is 284 g/mol. The molecule has 2 aromatic rings. The molecule has 2 nitrogen and oxygen atoms in total. The van der Waals surface area contributed by atoms with Crippen molar-refractivity contribution in [3.8, 4) is 0 Å². The predicted molar refractivity (Wildman–Crippen MR) is 84.8 cm³/mol. The molecular weight excluding hydrogens is 263 g/mol. The molecule has 0 amide bonds. The van der Waals surface area contributed by atoms with Crippen LogP contribution in [0.5, 0.6) is 0 Å². The highest BCUT2D eigenvalue weighted by atomic mass is 19.1. The Kier molecular flexibility index (Phi) is 3.68. The summed E-state index contributed by atoms with van der Waals surface area (Å²) < 4.78 is 13.4. The molecule has 110 valence electrons. The van der Waals surface area contributed by atoms with Crippen LogP contribution in [0.25, 0.3) is 0 Å². The van der Waals surface area contributed by atoms with Crippen LogP contribution in [0.2, 0.25) is 0 Å². The van der Waals surface area contributed by atoms with Crippen LogP contribution in [-0.4, -0.2) is 12.1 Å². The summed E-state index contributed by atoms with van der Waals surface area (Å²) in [5.41, 5.74) is 3.55. The van der Waals surface area contributed by atoms with Gasteiger partial charge in [0.15, 0.2) is 0 Å². The molecule has 1 N–H and O–H groups in total. The van der Waals surface area contributed by atoms with Gasteiger partial charge in [0.1, 0.15) is 5.82 Å². The SMILES string of the molecule is CC1(C)CN(Cc2cccc(F)c2)c2ccccc2CN1. The summed E-state index contributed by atoms with van der Waals surface area (Å²) in [5, 5.41) is 3.59. The number of fused-ring (bicyclic) bond motifs is 1. The number of anilines is 1. The molecule has 0 saturated carbocycles. The predicted octanol–water partition coefficient (Wildman–Crippen LogP) is 3.71. The molecule has 0 fully saturated rings. The molecule has 0 atom stereocenters. The van der Waals surface area contributed by atoms with Gasteiger partial charge in [0.2, 0.25) is 0 Å². The lowest BCUT2D eigenvalue weighted by molar-refractivity contribution is 0.395. The molecule has 0 unspecified atom stereocenters. The Balaban J connectivity index is 1.94. The van der Waals surface area contributed by atoms with Crippen LogP contribution in [0, 0.1) is 5.82 Å². The van der Waals surface area contributed by atoms with Crippen molar-refractivity contribution < 1.29 is 4.39 Å². The molecule has 0 aliphatic carbocycles. The number of hydrogen-bond acceptors (Lipinski definition) is 2. The van der Waals surface area contributed by atoms with E-state index < -0.39 is 0 Å². The van der Waals surface area contributed by atoms with Crippen molar-refractivity contribution in [2.75, 3.05) is 11.4 Å². The Morgan fingerprint density at radius 3 is 2.76 bits per heavy atom. The number of rotatable bonds is 2. The average Bonchev–Trinajstić information content (AvgIpc) is 2.56. The van der Waals surface area contributed by atoms with Gasteiger partial charge in [-0.1, -0.05) is 30.3 Å². The Morgan fingerprint density at radius 1 is 1.14 bits per heavy atom. The van der Waals surface area contributed by atoms with Gasteiger partial charge in [-0.25, -0.2) is 4.39 Å². The monoisotopic (exact) mass is 284 g/mol. The van der Waals surface area contributed by atoms with Crippen LogP contribution in [0.15, 0.2) is 48.5 Å². The van der Waals surface area contributed by atoms with Crippen molar-refractivity contribution in [1.29, 1.82) is 0 Å². The Morgan fingerprint density at radius 2 is 1.95 bits per heavy atom. The van der Waals surface area contributed by atoms with Crippen LogP contribution < -0.4 is 10.2 Å². The fourth-order valence-corrected chi connectivity index (χ4v) is 2.92. The largest absolute Gasteiger partial charge is 0.365 e. The first kappa shape index (κ1) is 14.1. The summed E-state index contributed by atoms with van der Waals surface area (Å²) in [5.74, 6) is -0.173. The zero-order valence-electron chi connectivity index (χ0n) is 12.6. The number of para-hydroxylation sites is 1. The molecule has 0 bridgehead atoms. The van der Waals surface area contributed by atoms with Crippen molar-refractivity contribution in [2.45, 2.75) is 32.5 Å². The van der Waals surface area contributed by atoms with Crippen molar-refractivity contribution >= 4 is 5.69 Å². The minimum absolute atomic E-state index is 0.0202. The highest BCUT2D eigenvalue weighted by Gasteiger charge is 2.26. The summed E-state index contributed by atoms with van der Waals surface area (Å²) in [4.78, 5) is 2.34. The maximum Gasteiger partial charge on any atom is 0.123 e. The third-order valence-electron chi connectivity index (χ3n) is 3.94. The van der Waals surface area contributed by atoms with Crippen LogP contribution in [0.3, 0.4) is 0 Å². The summed E-state index contributed by atoms with van der Waals surface area (Å²) >= 11 is 0. The molecule has 1 aliphatic heterocycles. The van der Waals surface area contributed by atoms with Crippen molar-refractivity contribution in [2.24, 2.45) is 0 Å². The van der Waals surface area contributed by atoms with Crippen molar-refractivity contribution in [1.82, 2.24) is 5.32 Å². The van der Waals surface area contributed by atoms with Crippen LogP contribution >= 0.6 is 0 Å². The topological polar surface area (TPSA) is 15.3 Å². The normalized spacial score (nSPS) is 17.2. The Hall–Kier alpha value is -1.87. The van der Waals surface area contributed by atoms with E-state index in [0.29, 0.717) is 0 Å². The molecule has 2 aromatic carbocycles. The molecule has 3 heteroatoms. The van der Waals surface area contributed by atoms with Crippen LogP contribution in [0.1, 0.15) is 25.0 Å². The van der Waals surface area contributed by atoms with Gasteiger partial charge in [-0.2, -0.15) is 0 Å². The number of nitrogens with one attached hydrogen (secondary N) is 1. The highest BCUT2D eigenvalue weighted by Crippen LogP contribution is 2.27. The van der Waals surface area contributed by atoms with E-state index in [1.807, 2.05) is 6.07 Å². The van der Waals surface area contributed by atoms with Gasteiger partial charge < -0.3 is 10.2 Å². The highest BCUT2D eigenvalue weighted by molar-refractivity contribution is 5.55. The fraction of sp³-hybridized carbons (Fsp3) is 0.333. The van der Waals surface area contributed by atoms with Gasteiger partial charge in [0.25, 0.3) is 0 Å². The number of nitrogens with zero attached hydrogens (tertiary/aromatic N) is 1. The lowest BCUT2D eigenvalue weighted by Gasteiger charge is -2.32. The molecule has 1 aliphatic rings. The summed E-state index contributed by atoms with van der Waals surface area (Å²) in [6.07, 6.45) is 0. The van der Waals surface area contributed by atoms with E-state index in [1.54, 1.807) is 12.1 Å². The standard InChI is InChI=1S/C18H21FN2/c1-18(2)13-21(12-14-6-5-8-16(19)10-14)17-9-4-3-7-15(17)11-20-18/h3-10,20H,11-13H2,1-2H3. The summed E-state index contributed by atoms with van der Waals surface area (Å²) in [7, 11) is 0. The molecule has 3 rings (SSSR count). The van der Waals surface area contributed by atoms with Gasteiger partial charge in [-0.15, -0.1) is 0 Å². The van der Waals surface area contributed by atoms with E-state index in [9.17, 15) is 4.39 Å². The van der Waals surface area contributed by atoms with Gasteiger partial charge in [0.05, 0.1) is 0 Å². The lowest BCUT2D eigenvalue weighted by atomic mass is 10.0.